The number of hydrogen-bond acceptors (Lipinski definition) is 4. The van der Waals surface area contributed by atoms with Gasteiger partial charge < -0.3 is 14.6 Å². The number of benzene rings is 2. The van der Waals surface area contributed by atoms with Crippen molar-refractivity contribution in [1.82, 2.24) is 0 Å². The number of carbonyl (C=O) groups excluding carboxylic acids is 1. The normalized spacial score (nSPS) is 20.8. The van der Waals surface area contributed by atoms with E-state index in [0.717, 1.165) is 11.1 Å². The fraction of sp³-hybridized carbons (Fsp3) is 0.278. The number of carbonyl (C=O) groups is 1. The molecule has 1 aliphatic rings. The highest BCUT2D eigenvalue weighted by Crippen LogP contribution is 2.20. The lowest BCUT2D eigenvalue weighted by Gasteiger charge is -2.11. The first-order valence-electron chi connectivity index (χ1n) is 7.38. The van der Waals surface area contributed by atoms with Gasteiger partial charge >= 0.3 is 5.97 Å². The Balaban J connectivity index is 1.59. The van der Waals surface area contributed by atoms with Crippen LogP contribution < -0.4 is 0 Å². The Morgan fingerprint density at radius 3 is 2.36 bits per heavy atom. The summed E-state index contributed by atoms with van der Waals surface area (Å²) >= 11 is 0. The molecule has 1 aliphatic heterocycles. The first-order chi connectivity index (χ1) is 10.7. The SMILES string of the molecule is O=C(OC[C@@H]1CCC(O)O1)c1ccc(-c2ccccc2)cc1. The van der Waals surface area contributed by atoms with Crippen LogP contribution in [0.25, 0.3) is 11.1 Å². The van der Waals surface area contributed by atoms with Crippen molar-refractivity contribution in [2.45, 2.75) is 25.2 Å². The Labute approximate surface area is 129 Å². The third-order valence-corrected chi connectivity index (χ3v) is 3.71. The zero-order chi connectivity index (χ0) is 15.4. The second-order valence-corrected chi connectivity index (χ2v) is 5.33. The molecule has 2 atom stereocenters. The van der Waals surface area contributed by atoms with Crippen molar-refractivity contribution in [1.29, 1.82) is 0 Å². The highest BCUT2D eigenvalue weighted by Gasteiger charge is 2.24. The maximum absolute atomic E-state index is 12.0. The molecule has 114 valence electrons. The number of aliphatic hydroxyl groups excluding tert-OH is 1. The van der Waals surface area contributed by atoms with Crippen LogP contribution in [0, 0.1) is 0 Å². The number of rotatable bonds is 4. The minimum Gasteiger partial charge on any atom is -0.459 e. The quantitative estimate of drug-likeness (QED) is 0.882. The van der Waals surface area contributed by atoms with Crippen molar-refractivity contribution in [3.8, 4) is 11.1 Å². The lowest BCUT2D eigenvalue weighted by molar-refractivity contribution is -0.103. The molecule has 1 heterocycles. The van der Waals surface area contributed by atoms with Crippen LogP contribution in [0.15, 0.2) is 54.6 Å². The highest BCUT2D eigenvalue weighted by molar-refractivity contribution is 5.90. The second-order valence-electron chi connectivity index (χ2n) is 5.33. The smallest absolute Gasteiger partial charge is 0.338 e. The van der Waals surface area contributed by atoms with E-state index in [2.05, 4.69) is 0 Å². The predicted octanol–water partition coefficient (Wildman–Crippen LogP) is 3.01. The summed E-state index contributed by atoms with van der Waals surface area (Å²) in [6.45, 7) is 0.177. The van der Waals surface area contributed by atoms with Crippen LogP contribution in [0.1, 0.15) is 23.2 Å². The molecule has 2 aromatic carbocycles. The van der Waals surface area contributed by atoms with E-state index in [9.17, 15) is 9.90 Å². The van der Waals surface area contributed by atoms with E-state index in [1.807, 2.05) is 42.5 Å². The molecule has 1 unspecified atom stereocenters. The average molecular weight is 298 g/mol. The fourth-order valence-electron chi connectivity index (χ4n) is 2.49. The molecule has 1 fully saturated rings. The lowest BCUT2D eigenvalue weighted by atomic mass is 10.0. The monoisotopic (exact) mass is 298 g/mol. The van der Waals surface area contributed by atoms with E-state index in [1.54, 1.807) is 12.1 Å². The summed E-state index contributed by atoms with van der Waals surface area (Å²) in [5, 5.41) is 9.26. The van der Waals surface area contributed by atoms with Crippen LogP contribution in [0.5, 0.6) is 0 Å². The van der Waals surface area contributed by atoms with Crippen LogP contribution in [0.3, 0.4) is 0 Å². The Hall–Kier alpha value is -2.17. The molecule has 1 saturated heterocycles. The summed E-state index contributed by atoms with van der Waals surface area (Å²) in [5.41, 5.74) is 2.67. The largest absolute Gasteiger partial charge is 0.459 e. The Morgan fingerprint density at radius 1 is 1.05 bits per heavy atom. The summed E-state index contributed by atoms with van der Waals surface area (Å²) in [6.07, 6.45) is 0.367. The van der Waals surface area contributed by atoms with Gasteiger partial charge in [0.15, 0.2) is 6.29 Å². The molecule has 1 N–H and O–H groups in total. The van der Waals surface area contributed by atoms with Crippen molar-refractivity contribution in [2.24, 2.45) is 0 Å². The summed E-state index contributed by atoms with van der Waals surface area (Å²) in [7, 11) is 0. The zero-order valence-electron chi connectivity index (χ0n) is 12.1. The van der Waals surface area contributed by atoms with Gasteiger partial charge in [0.05, 0.1) is 11.7 Å². The van der Waals surface area contributed by atoms with Crippen molar-refractivity contribution in [3.05, 3.63) is 60.2 Å². The first kappa shape index (κ1) is 14.8. The van der Waals surface area contributed by atoms with E-state index in [-0.39, 0.29) is 18.7 Å². The standard InChI is InChI=1S/C18H18O4/c19-17-11-10-16(22-17)12-21-18(20)15-8-6-14(7-9-15)13-4-2-1-3-5-13/h1-9,16-17,19H,10-12H2/t16-,17?/m0/s1. The molecule has 0 radical (unpaired) electrons. The van der Waals surface area contributed by atoms with Crippen molar-refractivity contribution in [3.63, 3.8) is 0 Å². The van der Waals surface area contributed by atoms with Crippen LogP contribution in [0.2, 0.25) is 0 Å². The van der Waals surface area contributed by atoms with Crippen LogP contribution in [-0.2, 0) is 9.47 Å². The van der Waals surface area contributed by atoms with Crippen LogP contribution in [-0.4, -0.2) is 30.1 Å². The zero-order valence-corrected chi connectivity index (χ0v) is 12.1. The molecule has 0 bridgehead atoms. The highest BCUT2D eigenvalue weighted by atomic mass is 16.6. The van der Waals surface area contributed by atoms with E-state index < -0.39 is 6.29 Å². The third-order valence-electron chi connectivity index (χ3n) is 3.71. The van der Waals surface area contributed by atoms with Gasteiger partial charge in [-0.15, -0.1) is 0 Å². The summed E-state index contributed by atoms with van der Waals surface area (Å²) in [6, 6.07) is 17.3. The molecule has 2 aromatic rings. The average Bonchev–Trinajstić information content (AvgIpc) is 2.99. The van der Waals surface area contributed by atoms with E-state index >= 15 is 0 Å². The van der Waals surface area contributed by atoms with Gasteiger partial charge in [0.2, 0.25) is 0 Å². The lowest BCUT2D eigenvalue weighted by Crippen LogP contribution is -2.19. The minimum atomic E-state index is -0.728. The molecule has 3 rings (SSSR count). The molecule has 0 aromatic heterocycles. The van der Waals surface area contributed by atoms with E-state index in [4.69, 9.17) is 9.47 Å². The molecule has 4 nitrogen and oxygen atoms in total. The van der Waals surface area contributed by atoms with Crippen LogP contribution >= 0.6 is 0 Å². The summed E-state index contributed by atoms with van der Waals surface area (Å²) in [5.74, 6) is -0.371. The van der Waals surface area contributed by atoms with Gasteiger partial charge in [-0.25, -0.2) is 4.79 Å². The van der Waals surface area contributed by atoms with Crippen molar-refractivity contribution in [2.75, 3.05) is 6.61 Å². The number of ether oxygens (including phenoxy) is 2. The number of hydrogen-bond donors (Lipinski definition) is 1. The Kier molecular flexibility index (Phi) is 4.51. The topological polar surface area (TPSA) is 55.8 Å². The van der Waals surface area contributed by atoms with E-state index in [1.165, 1.54) is 0 Å². The minimum absolute atomic E-state index is 0.177. The van der Waals surface area contributed by atoms with E-state index in [0.29, 0.717) is 18.4 Å². The molecule has 4 heteroatoms. The van der Waals surface area contributed by atoms with Gasteiger partial charge in [-0.05, 0) is 29.7 Å². The van der Waals surface area contributed by atoms with Crippen molar-refractivity contribution >= 4 is 5.97 Å². The molecule has 0 spiro atoms. The van der Waals surface area contributed by atoms with Gasteiger partial charge in [0.25, 0.3) is 0 Å². The van der Waals surface area contributed by atoms with Crippen LogP contribution in [0.4, 0.5) is 0 Å². The number of esters is 1. The van der Waals surface area contributed by atoms with Gasteiger partial charge in [-0.3, -0.25) is 0 Å². The first-order valence-corrected chi connectivity index (χ1v) is 7.38. The van der Waals surface area contributed by atoms with Gasteiger partial charge in [0.1, 0.15) is 6.61 Å². The predicted molar refractivity (Wildman–Crippen MR) is 82.3 cm³/mol. The molecule has 22 heavy (non-hydrogen) atoms. The maximum atomic E-state index is 12.0. The van der Waals surface area contributed by atoms with Crippen molar-refractivity contribution < 1.29 is 19.4 Å². The summed E-state index contributed by atoms with van der Waals surface area (Å²) in [4.78, 5) is 12.0. The summed E-state index contributed by atoms with van der Waals surface area (Å²) < 4.78 is 10.4. The Morgan fingerprint density at radius 2 is 1.73 bits per heavy atom. The molecule has 0 saturated carbocycles. The third kappa shape index (κ3) is 3.53. The van der Waals surface area contributed by atoms with Gasteiger partial charge in [-0.1, -0.05) is 42.5 Å². The molecule has 0 amide bonds. The molecular weight excluding hydrogens is 280 g/mol. The molecular formula is C18H18O4. The molecule has 0 aliphatic carbocycles. The Bertz CT molecular complexity index is 621. The maximum Gasteiger partial charge on any atom is 0.338 e. The second kappa shape index (κ2) is 6.73. The number of aliphatic hydroxyl groups is 1. The van der Waals surface area contributed by atoms with Gasteiger partial charge in [0, 0.05) is 6.42 Å². The van der Waals surface area contributed by atoms with Gasteiger partial charge in [-0.2, -0.15) is 0 Å². The fourth-order valence-corrected chi connectivity index (χ4v) is 2.49.